The quantitative estimate of drug-likeness (QED) is 0.866. The van der Waals surface area contributed by atoms with E-state index in [2.05, 4.69) is 10.1 Å². The molecule has 2 aliphatic heterocycles. The second-order valence-corrected chi connectivity index (χ2v) is 5.51. The Labute approximate surface area is 121 Å². The molecule has 1 N–H and O–H groups in total. The highest BCUT2D eigenvalue weighted by Gasteiger charge is 2.36. The van der Waals surface area contributed by atoms with Crippen molar-refractivity contribution < 1.29 is 23.0 Å². The molecule has 3 rings (SSSR count). The van der Waals surface area contributed by atoms with Crippen LogP contribution in [0.4, 0.5) is 8.78 Å². The molecule has 2 atom stereocenters. The number of nitrogens with one attached hydrogen (secondary N) is 1. The molecule has 6 heteroatoms. The molecule has 1 aromatic carbocycles. The Hall–Kier alpha value is -1.53. The predicted molar refractivity (Wildman–Crippen MR) is 71.7 cm³/mol. The molecule has 2 aliphatic rings. The van der Waals surface area contributed by atoms with E-state index in [1.54, 1.807) is 18.2 Å². The topological polar surface area (TPSA) is 47.6 Å². The summed E-state index contributed by atoms with van der Waals surface area (Å²) < 4.78 is 34.8. The molecule has 2 fully saturated rings. The Balaban J connectivity index is 1.78. The third-order valence-corrected chi connectivity index (χ3v) is 3.99. The molecular weight excluding hydrogens is 280 g/mol. The molecule has 0 aromatic heterocycles. The second kappa shape index (κ2) is 6.07. The molecule has 0 saturated carbocycles. The van der Waals surface area contributed by atoms with Crippen molar-refractivity contribution in [1.29, 1.82) is 0 Å². The number of para-hydroxylation sites is 1. The van der Waals surface area contributed by atoms with Gasteiger partial charge in [-0.05, 0) is 25.0 Å². The van der Waals surface area contributed by atoms with Gasteiger partial charge in [0.05, 0.1) is 18.8 Å². The van der Waals surface area contributed by atoms with Crippen LogP contribution in [0.5, 0.6) is 5.75 Å². The summed E-state index contributed by atoms with van der Waals surface area (Å²) in [4.78, 5) is 12.6. The normalized spacial score (nSPS) is 28.4. The molecule has 2 heterocycles. The number of hydrogen-bond acceptors (Lipinski definition) is 4. The average molecular weight is 297 g/mol. The van der Waals surface area contributed by atoms with Crippen molar-refractivity contribution in [3.05, 3.63) is 29.8 Å². The summed E-state index contributed by atoms with van der Waals surface area (Å²) in [5, 5.41) is 3.41. The largest absolute Gasteiger partial charge is 0.434 e. The van der Waals surface area contributed by atoms with Gasteiger partial charge in [0.2, 0.25) is 0 Å². The lowest BCUT2D eigenvalue weighted by molar-refractivity contribution is -0.0502. The van der Waals surface area contributed by atoms with Gasteiger partial charge in [-0.2, -0.15) is 8.78 Å². The maximum absolute atomic E-state index is 12.6. The number of carbonyl (C=O) groups excluding carboxylic acids is 1. The number of ketones is 1. The molecule has 1 aromatic rings. The van der Waals surface area contributed by atoms with E-state index in [1.807, 2.05) is 0 Å². The summed E-state index contributed by atoms with van der Waals surface area (Å²) in [6.07, 6.45) is 1.33. The molecule has 0 aliphatic carbocycles. The molecule has 4 nitrogen and oxygen atoms in total. The minimum absolute atomic E-state index is 0.0440. The van der Waals surface area contributed by atoms with Crippen molar-refractivity contribution in [2.75, 3.05) is 13.2 Å². The Morgan fingerprint density at radius 3 is 2.57 bits per heavy atom. The fraction of sp³-hybridized carbons (Fsp3) is 0.533. The smallest absolute Gasteiger partial charge is 0.387 e. The molecule has 2 unspecified atom stereocenters. The number of morpholine rings is 1. The van der Waals surface area contributed by atoms with Crippen molar-refractivity contribution >= 4 is 5.78 Å². The van der Waals surface area contributed by atoms with Crippen LogP contribution in [0.25, 0.3) is 0 Å². The van der Waals surface area contributed by atoms with E-state index in [0.717, 1.165) is 0 Å². The first-order chi connectivity index (χ1) is 10.1. The predicted octanol–water partition coefficient (Wildman–Crippen LogP) is 2.24. The first-order valence-electron chi connectivity index (χ1n) is 7.05. The molecule has 0 amide bonds. The van der Waals surface area contributed by atoms with Gasteiger partial charge in [-0.3, -0.25) is 4.79 Å². The zero-order valence-corrected chi connectivity index (χ0v) is 11.4. The van der Waals surface area contributed by atoms with Crippen molar-refractivity contribution in [1.82, 2.24) is 5.32 Å². The summed E-state index contributed by atoms with van der Waals surface area (Å²) in [5.74, 6) is -0.338. The van der Waals surface area contributed by atoms with Crippen LogP contribution in [0, 0.1) is 5.92 Å². The number of carbonyl (C=O) groups is 1. The third-order valence-electron chi connectivity index (χ3n) is 3.99. The summed E-state index contributed by atoms with van der Waals surface area (Å²) in [6.45, 7) is -1.75. The molecular formula is C15H17F2NO3. The Bertz CT molecular complexity index is 511. The van der Waals surface area contributed by atoms with E-state index in [9.17, 15) is 13.6 Å². The average Bonchev–Trinajstić information content (AvgIpc) is 2.46. The number of piperidine rings is 1. The van der Waals surface area contributed by atoms with E-state index in [4.69, 9.17) is 4.74 Å². The second-order valence-electron chi connectivity index (χ2n) is 5.51. The minimum Gasteiger partial charge on any atom is -0.434 e. The number of benzene rings is 1. The molecule has 114 valence electrons. The van der Waals surface area contributed by atoms with Gasteiger partial charge in [-0.1, -0.05) is 12.1 Å². The maximum Gasteiger partial charge on any atom is 0.387 e. The van der Waals surface area contributed by atoms with Gasteiger partial charge in [-0.25, -0.2) is 0 Å². The summed E-state index contributed by atoms with van der Waals surface area (Å²) >= 11 is 0. The monoisotopic (exact) mass is 297 g/mol. The fourth-order valence-corrected chi connectivity index (χ4v) is 3.14. The van der Waals surface area contributed by atoms with Crippen molar-refractivity contribution in [2.24, 2.45) is 5.92 Å². The standard InChI is InChI=1S/C15H17F2NO3/c16-15(17)21-13-4-2-1-3-12(13)14(19)9-5-10-7-20-8-11(6-9)18-10/h1-4,9-11,15,18H,5-8H2. The van der Waals surface area contributed by atoms with Gasteiger partial charge in [0.15, 0.2) is 5.78 Å². The lowest BCUT2D eigenvalue weighted by atomic mass is 9.82. The zero-order valence-electron chi connectivity index (χ0n) is 11.4. The summed E-state index contributed by atoms with van der Waals surface area (Å²) in [6, 6.07) is 6.53. The Morgan fingerprint density at radius 1 is 1.24 bits per heavy atom. The van der Waals surface area contributed by atoms with Crippen molar-refractivity contribution in [2.45, 2.75) is 31.5 Å². The summed E-state index contributed by atoms with van der Waals surface area (Å²) in [5.41, 5.74) is 0.240. The number of alkyl halides is 2. The van der Waals surface area contributed by atoms with E-state index in [-0.39, 0.29) is 35.1 Å². The van der Waals surface area contributed by atoms with E-state index in [1.165, 1.54) is 6.07 Å². The van der Waals surface area contributed by atoms with Crippen LogP contribution >= 0.6 is 0 Å². The Kier molecular flexibility index (Phi) is 4.17. The first kappa shape index (κ1) is 14.4. The van der Waals surface area contributed by atoms with Crippen LogP contribution in [0.2, 0.25) is 0 Å². The lowest BCUT2D eigenvalue weighted by Gasteiger charge is -2.39. The van der Waals surface area contributed by atoms with Crippen LogP contribution < -0.4 is 10.1 Å². The van der Waals surface area contributed by atoms with Crippen molar-refractivity contribution in [3.63, 3.8) is 0 Å². The van der Waals surface area contributed by atoms with Crippen molar-refractivity contribution in [3.8, 4) is 5.75 Å². The zero-order chi connectivity index (χ0) is 14.8. The highest BCUT2D eigenvalue weighted by Crippen LogP contribution is 2.30. The highest BCUT2D eigenvalue weighted by atomic mass is 19.3. The van der Waals surface area contributed by atoms with Crippen LogP contribution in [0.15, 0.2) is 24.3 Å². The van der Waals surface area contributed by atoms with Crippen LogP contribution in [-0.4, -0.2) is 37.7 Å². The van der Waals surface area contributed by atoms with Gasteiger partial charge >= 0.3 is 6.61 Å². The number of ether oxygens (including phenoxy) is 2. The number of Topliss-reactive ketones (excluding diaryl/α,β-unsaturated/α-hetero) is 1. The van der Waals surface area contributed by atoms with Crippen LogP contribution in [0.3, 0.4) is 0 Å². The number of halogens is 2. The molecule has 2 saturated heterocycles. The van der Waals surface area contributed by atoms with E-state index >= 15 is 0 Å². The number of hydrogen-bond donors (Lipinski definition) is 1. The van der Waals surface area contributed by atoms with Gasteiger partial charge in [0.1, 0.15) is 5.75 Å². The number of fused-ring (bicyclic) bond motifs is 2. The van der Waals surface area contributed by atoms with Crippen LogP contribution in [0.1, 0.15) is 23.2 Å². The third kappa shape index (κ3) is 3.22. The fourth-order valence-electron chi connectivity index (χ4n) is 3.14. The van der Waals surface area contributed by atoms with Gasteiger partial charge in [0.25, 0.3) is 0 Å². The maximum atomic E-state index is 12.6. The van der Waals surface area contributed by atoms with Crippen LogP contribution in [-0.2, 0) is 4.74 Å². The van der Waals surface area contributed by atoms with E-state index in [0.29, 0.717) is 26.1 Å². The molecule has 2 bridgehead atoms. The minimum atomic E-state index is -2.93. The summed E-state index contributed by atoms with van der Waals surface area (Å²) in [7, 11) is 0. The highest BCUT2D eigenvalue weighted by molar-refractivity contribution is 6.00. The van der Waals surface area contributed by atoms with Gasteiger partial charge < -0.3 is 14.8 Å². The SMILES string of the molecule is O=C(c1ccccc1OC(F)F)C1CC2COCC(C1)N2. The van der Waals surface area contributed by atoms with E-state index < -0.39 is 6.61 Å². The molecule has 0 radical (unpaired) electrons. The first-order valence-corrected chi connectivity index (χ1v) is 7.05. The molecule has 21 heavy (non-hydrogen) atoms. The Morgan fingerprint density at radius 2 is 1.90 bits per heavy atom. The molecule has 0 spiro atoms. The van der Waals surface area contributed by atoms with Gasteiger partial charge in [-0.15, -0.1) is 0 Å². The van der Waals surface area contributed by atoms with Gasteiger partial charge in [0, 0.05) is 18.0 Å². The number of rotatable bonds is 4. The lowest BCUT2D eigenvalue weighted by Crippen LogP contribution is -2.55.